The Kier molecular flexibility index (Phi) is 9.82. The highest BCUT2D eigenvalue weighted by atomic mass is 32.2. The summed E-state index contributed by atoms with van der Waals surface area (Å²) in [4.78, 5) is 35.5. The van der Waals surface area contributed by atoms with E-state index in [1.165, 1.54) is 22.9 Å². The third kappa shape index (κ3) is 7.25. The van der Waals surface area contributed by atoms with Gasteiger partial charge in [-0.3, -0.25) is 9.59 Å². The number of ether oxygens (including phenoxy) is 1. The Labute approximate surface area is 204 Å². The van der Waals surface area contributed by atoms with Crippen molar-refractivity contribution in [2.45, 2.75) is 44.6 Å². The first-order chi connectivity index (χ1) is 16.5. The Bertz CT molecular complexity index is 951. The molecule has 0 aliphatic heterocycles. The van der Waals surface area contributed by atoms with Crippen molar-refractivity contribution in [1.29, 1.82) is 0 Å². The zero-order valence-corrected chi connectivity index (χ0v) is 20.2. The molecule has 0 fully saturated rings. The van der Waals surface area contributed by atoms with Gasteiger partial charge in [0.2, 0.25) is 5.91 Å². The molecule has 2 amide bonds. The third-order valence-corrected chi connectivity index (χ3v) is 6.74. The largest absolute Gasteiger partial charge is 0.481 e. The first kappa shape index (κ1) is 25.6. The van der Waals surface area contributed by atoms with E-state index in [0.29, 0.717) is 18.7 Å². The number of aliphatic carboxylic acids is 1. The van der Waals surface area contributed by atoms with Crippen molar-refractivity contribution >= 4 is 29.7 Å². The lowest BCUT2D eigenvalue weighted by atomic mass is 9.98. The smallest absolute Gasteiger partial charge is 0.407 e. The molecule has 182 valence electrons. The van der Waals surface area contributed by atoms with Crippen LogP contribution in [0.2, 0.25) is 0 Å². The molecule has 2 aromatic carbocycles. The first-order valence-electron chi connectivity index (χ1n) is 11.7. The van der Waals surface area contributed by atoms with Gasteiger partial charge in [0.25, 0.3) is 0 Å². The van der Waals surface area contributed by atoms with E-state index in [2.05, 4.69) is 41.8 Å². The SMILES string of the molecule is CCCC[C@@H](CC(=O)NCCSCC(=O)O)NC(=O)OCC1c2ccccc2-c2ccccc21. The van der Waals surface area contributed by atoms with Crippen molar-refractivity contribution in [3.8, 4) is 11.1 Å². The van der Waals surface area contributed by atoms with Crippen LogP contribution in [0.25, 0.3) is 11.1 Å². The van der Waals surface area contributed by atoms with Gasteiger partial charge in [-0.2, -0.15) is 0 Å². The summed E-state index contributed by atoms with van der Waals surface area (Å²) in [6, 6.07) is 16.0. The molecule has 0 saturated carbocycles. The topological polar surface area (TPSA) is 105 Å². The van der Waals surface area contributed by atoms with Gasteiger partial charge in [0, 0.05) is 30.7 Å². The average molecular weight is 485 g/mol. The number of fused-ring (bicyclic) bond motifs is 3. The molecule has 0 unspecified atom stereocenters. The number of nitrogens with one attached hydrogen (secondary N) is 2. The van der Waals surface area contributed by atoms with Crippen LogP contribution < -0.4 is 10.6 Å². The second-order valence-electron chi connectivity index (χ2n) is 8.31. The molecule has 1 atom stereocenters. The summed E-state index contributed by atoms with van der Waals surface area (Å²) in [5, 5.41) is 14.3. The summed E-state index contributed by atoms with van der Waals surface area (Å²) in [6.45, 7) is 2.68. The first-order valence-corrected chi connectivity index (χ1v) is 12.8. The van der Waals surface area contributed by atoms with Crippen LogP contribution in [0.15, 0.2) is 48.5 Å². The number of rotatable bonds is 13. The van der Waals surface area contributed by atoms with Crippen molar-refractivity contribution in [2.75, 3.05) is 24.7 Å². The van der Waals surface area contributed by atoms with E-state index in [9.17, 15) is 14.4 Å². The second-order valence-corrected chi connectivity index (χ2v) is 9.41. The molecule has 3 rings (SSSR count). The van der Waals surface area contributed by atoms with Crippen molar-refractivity contribution in [3.05, 3.63) is 59.7 Å². The van der Waals surface area contributed by atoms with Gasteiger partial charge in [-0.25, -0.2) is 4.79 Å². The third-order valence-electron chi connectivity index (χ3n) is 5.80. The Morgan fingerprint density at radius 1 is 1.06 bits per heavy atom. The summed E-state index contributed by atoms with van der Waals surface area (Å²) in [5.41, 5.74) is 4.65. The van der Waals surface area contributed by atoms with Crippen LogP contribution in [-0.4, -0.2) is 53.8 Å². The average Bonchev–Trinajstić information content (AvgIpc) is 3.14. The molecule has 0 radical (unpaired) electrons. The summed E-state index contributed by atoms with van der Waals surface area (Å²) in [7, 11) is 0. The molecule has 0 saturated heterocycles. The van der Waals surface area contributed by atoms with Crippen LogP contribution in [0.4, 0.5) is 4.79 Å². The molecule has 8 heteroatoms. The molecule has 3 N–H and O–H groups in total. The highest BCUT2D eigenvalue weighted by Gasteiger charge is 2.29. The van der Waals surface area contributed by atoms with Crippen molar-refractivity contribution in [3.63, 3.8) is 0 Å². The number of carboxylic acids is 1. The van der Waals surface area contributed by atoms with Gasteiger partial charge in [0.05, 0.1) is 5.75 Å². The highest BCUT2D eigenvalue weighted by molar-refractivity contribution is 7.99. The fraction of sp³-hybridized carbons (Fsp3) is 0.423. The van der Waals surface area contributed by atoms with Crippen LogP contribution in [-0.2, 0) is 14.3 Å². The van der Waals surface area contributed by atoms with E-state index in [1.54, 1.807) is 0 Å². The van der Waals surface area contributed by atoms with Gasteiger partial charge < -0.3 is 20.5 Å². The molecule has 2 aromatic rings. The number of hydrogen-bond donors (Lipinski definition) is 3. The van der Waals surface area contributed by atoms with Crippen molar-refractivity contribution in [2.24, 2.45) is 0 Å². The Morgan fingerprint density at radius 3 is 2.32 bits per heavy atom. The number of carbonyl (C=O) groups is 3. The fourth-order valence-electron chi connectivity index (χ4n) is 4.20. The van der Waals surface area contributed by atoms with Gasteiger partial charge in [-0.1, -0.05) is 68.3 Å². The van der Waals surface area contributed by atoms with Gasteiger partial charge in [0.1, 0.15) is 6.61 Å². The summed E-state index contributed by atoms with van der Waals surface area (Å²) < 4.78 is 5.63. The molecule has 1 aliphatic carbocycles. The van der Waals surface area contributed by atoms with E-state index in [-0.39, 0.29) is 36.6 Å². The number of carboxylic acid groups (broad SMARTS) is 1. The Hall–Kier alpha value is -3.00. The van der Waals surface area contributed by atoms with Crippen LogP contribution >= 0.6 is 11.8 Å². The molecule has 0 bridgehead atoms. The lowest BCUT2D eigenvalue weighted by Gasteiger charge is -2.20. The van der Waals surface area contributed by atoms with Crippen LogP contribution in [0.5, 0.6) is 0 Å². The molecule has 1 aliphatic rings. The number of unbranched alkanes of at least 4 members (excludes halogenated alkanes) is 1. The fourth-order valence-corrected chi connectivity index (χ4v) is 4.77. The van der Waals surface area contributed by atoms with Crippen molar-refractivity contribution < 1.29 is 24.2 Å². The molecule has 34 heavy (non-hydrogen) atoms. The van der Waals surface area contributed by atoms with Crippen LogP contribution in [0.1, 0.15) is 49.7 Å². The minimum atomic E-state index is -0.872. The quantitative estimate of drug-likeness (QED) is 0.364. The predicted molar refractivity (Wildman–Crippen MR) is 134 cm³/mol. The Morgan fingerprint density at radius 2 is 1.71 bits per heavy atom. The van der Waals surface area contributed by atoms with E-state index in [4.69, 9.17) is 9.84 Å². The van der Waals surface area contributed by atoms with E-state index in [1.807, 2.05) is 24.3 Å². The minimum Gasteiger partial charge on any atom is -0.481 e. The molecular weight excluding hydrogens is 452 g/mol. The number of amides is 2. The summed E-state index contributed by atoms with van der Waals surface area (Å²) >= 11 is 1.25. The van der Waals surface area contributed by atoms with E-state index in [0.717, 1.165) is 24.0 Å². The van der Waals surface area contributed by atoms with Crippen LogP contribution in [0, 0.1) is 0 Å². The molecule has 7 nitrogen and oxygen atoms in total. The minimum absolute atomic E-state index is 0.0122. The summed E-state index contributed by atoms with van der Waals surface area (Å²) in [6.07, 6.45) is 2.16. The van der Waals surface area contributed by atoms with Gasteiger partial charge in [-0.15, -0.1) is 11.8 Å². The molecule has 0 aromatic heterocycles. The van der Waals surface area contributed by atoms with Crippen LogP contribution in [0.3, 0.4) is 0 Å². The maximum atomic E-state index is 12.6. The second kappa shape index (κ2) is 13.0. The normalized spacial score (nSPS) is 13.0. The van der Waals surface area contributed by atoms with Crippen molar-refractivity contribution in [1.82, 2.24) is 10.6 Å². The van der Waals surface area contributed by atoms with Gasteiger partial charge in [-0.05, 0) is 28.7 Å². The van der Waals surface area contributed by atoms with E-state index < -0.39 is 12.1 Å². The maximum absolute atomic E-state index is 12.6. The number of carbonyl (C=O) groups excluding carboxylic acids is 2. The standard InChI is InChI=1S/C26H32N2O5S/c1-2-3-8-18(15-24(29)27-13-14-34-17-25(30)31)28-26(32)33-16-23-21-11-6-4-9-19(21)20-10-5-7-12-22(20)23/h4-7,9-12,18,23H,2-3,8,13-17H2,1H3,(H,27,29)(H,28,32)(H,30,31)/t18-/m0/s1. The predicted octanol–water partition coefficient (Wildman–Crippen LogP) is 4.41. The molecule has 0 heterocycles. The number of hydrogen-bond acceptors (Lipinski definition) is 5. The van der Waals surface area contributed by atoms with Gasteiger partial charge >= 0.3 is 12.1 Å². The number of benzene rings is 2. The monoisotopic (exact) mass is 484 g/mol. The van der Waals surface area contributed by atoms with E-state index >= 15 is 0 Å². The zero-order chi connectivity index (χ0) is 24.3. The lowest BCUT2D eigenvalue weighted by Crippen LogP contribution is -2.40. The zero-order valence-electron chi connectivity index (χ0n) is 19.4. The Balaban J connectivity index is 1.51. The highest BCUT2D eigenvalue weighted by Crippen LogP contribution is 2.44. The lowest BCUT2D eigenvalue weighted by molar-refractivity contribution is -0.133. The molecular formula is C26H32N2O5S. The maximum Gasteiger partial charge on any atom is 0.407 e. The number of thioether (sulfide) groups is 1. The number of alkyl carbamates (subject to hydrolysis) is 1. The van der Waals surface area contributed by atoms with Gasteiger partial charge in [0.15, 0.2) is 0 Å². The molecule has 0 spiro atoms. The summed E-state index contributed by atoms with van der Waals surface area (Å²) in [5.74, 6) is -0.520.